The lowest BCUT2D eigenvalue weighted by atomic mass is 10.3. The van der Waals surface area contributed by atoms with Gasteiger partial charge in [-0.05, 0) is 0 Å². The Morgan fingerprint density at radius 2 is 2.09 bits per heavy atom. The van der Waals surface area contributed by atoms with Crippen LogP contribution in [0.1, 0.15) is 0 Å². The summed E-state index contributed by atoms with van der Waals surface area (Å²) in [6.45, 7) is 0. The van der Waals surface area contributed by atoms with E-state index in [4.69, 9.17) is 5.11 Å². The van der Waals surface area contributed by atoms with E-state index in [9.17, 15) is 19.5 Å². The highest BCUT2D eigenvalue weighted by atomic mass is 31.2. The lowest BCUT2D eigenvalue weighted by molar-refractivity contribution is -0.427. The van der Waals surface area contributed by atoms with Gasteiger partial charge in [-0.15, -0.1) is 0 Å². The van der Waals surface area contributed by atoms with Crippen molar-refractivity contribution in [3.05, 3.63) is 0 Å². The van der Waals surface area contributed by atoms with Crippen molar-refractivity contribution in [2.75, 3.05) is 6.16 Å². The Morgan fingerprint density at radius 1 is 1.55 bits per heavy atom. The van der Waals surface area contributed by atoms with Crippen molar-refractivity contribution < 1.29 is 29.3 Å². The summed E-state index contributed by atoms with van der Waals surface area (Å²) in [4.78, 5) is 40.2. The summed E-state index contributed by atoms with van der Waals surface area (Å²) >= 11 is 0. The van der Waals surface area contributed by atoms with Gasteiger partial charge in [0.25, 0.3) is 0 Å². The van der Waals surface area contributed by atoms with Crippen LogP contribution in [0.4, 0.5) is 0 Å². The minimum Gasteiger partial charge on any atom is -0.688 e. The van der Waals surface area contributed by atoms with Crippen molar-refractivity contribution in [3.8, 4) is 0 Å². The maximum absolute atomic E-state index is 10.0. The molecule has 1 aliphatic rings. The molecule has 7 heteroatoms. The second-order valence-corrected chi connectivity index (χ2v) is 3.81. The van der Waals surface area contributed by atoms with Gasteiger partial charge in [-0.25, -0.2) is 4.79 Å². The topological polar surface area (TPSA) is 119 Å². The fourth-order valence-corrected chi connectivity index (χ4v) is 1.44. The summed E-state index contributed by atoms with van der Waals surface area (Å²) in [5, 5.41) is 8.20. The van der Waals surface area contributed by atoms with Crippen LogP contribution in [0.5, 0.6) is 0 Å². The minimum atomic E-state index is -4.62. The Labute approximate surface area is 62.6 Å². The summed E-state index contributed by atoms with van der Waals surface area (Å²) < 4.78 is 4.38. The molecule has 0 aromatic heterocycles. The van der Waals surface area contributed by atoms with Crippen LogP contribution in [0.25, 0.3) is 0 Å². The van der Waals surface area contributed by atoms with Gasteiger partial charge in [-0.1, -0.05) is 0 Å². The predicted molar refractivity (Wildman–Crippen MR) is 28.1 cm³/mol. The van der Waals surface area contributed by atoms with Crippen LogP contribution < -0.4 is 14.7 Å². The van der Waals surface area contributed by atoms with Gasteiger partial charge in [0.2, 0.25) is 0 Å². The van der Waals surface area contributed by atoms with Gasteiger partial charge >= 0.3 is 5.97 Å². The van der Waals surface area contributed by atoms with Crippen molar-refractivity contribution in [3.63, 3.8) is 0 Å². The smallest absolute Gasteiger partial charge is 0.335 e. The molecule has 6 nitrogen and oxygen atoms in total. The third-order valence-corrected chi connectivity index (χ3v) is 2.04. The predicted octanol–water partition coefficient (Wildman–Crippen LogP) is -3.32. The Bertz CT molecular complexity index is 174. The first-order valence-corrected chi connectivity index (χ1v) is 4.52. The molecule has 1 fully saturated rings. The number of carboxylic acid groups (broad SMARTS) is 1. The van der Waals surface area contributed by atoms with Gasteiger partial charge in [-0.3, -0.25) is 0 Å². The van der Waals surface area contributed by atoms with E-state index in [0.717, 1.165) is 0 Å². The molecule has 2 unspecified atom stereocenters. The molecule has 2 atom stereocenters. The van der Waals surface area contributed by atoms with Gasteiger partial charge in [0, 0.05) is 0 Å². The number of aliphatic carboxylic acids is 1. The molecule has 0 aliphatic carbocycles. The summed E-state index contributed by atoms with van der Waals surface area (Å²) in [5.74, 6) is -1.23. The first kappa shape index (κ1) is 8.83. The summed E-state index contributed by atoms with van der Waals surface area (Å²) in [6, 6.07) is 0. The fourth-order valence-electron chi connectivity index (χ4n) is 0.719. The standard InChI is InChI=1S/C4H7O6P/c5-4(6)3-2(10-3)1-11(7,8)9/h2-3H,1H2,(H,5,6)(H2,7,8,9)/p-2. The molecule has 1 aliphatic heterocycles. The van der Waals surface area contributed by atoms with Crippen LogP contribution in [0, 0.1) is 0 Å². The summed E-state index contributed by atoms with van der Waals surface area (Å²) in [5.41, 5.74) is 0. The number of epoxide rings is 1. The highest BCUT2D eigenvalue weighted by molar-refractivity contribution is 7.54. The van der Waals surface area contributed by atoms with Crippen molar-refractivity contribution in [1.82, 2.24) is 0 Å². The number of ether oxygens (including phenoxy) is 1. The fraction of sp³-hybridized carbons (Fsp3) is 0.750. The zero-order valence-corrected chi connectivity index (χ0v) is 6.19. The molecule has 1 heterocycles. The lowest BCUT2D eigenvalue weighted by Crippen LogP contribution is -2.37. The molecule has 0 amide bonds. The number of carboxylic acids is 1. The van der Waals surface area contributed by atoms with E-state index >= 15 is 0 Å². The SMILES string of the molecule is O=C(O)C1OC1C[P+]([O-])([O-])[O-]. The van der Waals surface area contributed by atoms with Gasteiger partial charge in [0.1, 0.15) is 6.10 Å². The molecule has 1 rings (SSSR count). The molecular weight excluding hydrogens is 175 g/mol. The highest BCUT2D eigenvalue weighted by Gasteiger charge is 2.46. The zero-order chi connectivity index (χ0) is 8.65. The second-order valence-electron chi connectivity index (χ2n) is 2.23. The number of hydrogen-bond donors (Lipinski definition) is 1. The first-order valence-electron chi connectivity index (χ1n) is 2.79. The van der Waals surface area contributed by atoms with Crippen molar-refractivity contribution in [1.29, 1.82) is 0 Å². The van der Waals surface area contributed by atoms with Crippen molar-refractivity contribution >= 4 is 13.9 Å². The van der Waals surface area contributed by atoms with Gasteiger partial charge in [0.05, 0.1) is 6.16 Å². The summed E-state index contributed by atoms with van der Waals surface area (Å²) in [6.07, 6.45) is -2.77. The van der Waals surface area contributed by atoms with Crippen LogP contribution in [0.3, 0.4) is 0 Å². The lowest BCUT2D eigenvalue weighted by Gasteiger charge is -2.41. The first-order chi connectivity index (χ1) is 4.90. The third-order valence-electron chi connectivity index (χ3n) is 1.23. The Morgan fingerprint density at radius 3 is 2.36 bits per heavy atom. The van der Waals surface area contributed by atoms with Crippen LogP contribution in [-0.4, -0.2) is 29.4 Å². The van der Waals surface area contributed by atoms with E-state index < -0.39 is 32.3 Å². The van der Waals surface area contributed by atoms with E-state index in [-0.39, 0.29) is 0 Å². The quantitative estimate of drug-likeness (QED) is 0.358. The maximum Gasteiger partial charge on any atom is 0.335 e. The average Bonchev–Trinajstić information content (AvgIpc) is 2.40. The van der Waals surface area contributed by atoms with Crippen molar-refractivity contribution in [2.24, 2.45) is 0 Å². The molecule has 1 saturated heterocycles. The maximum atomic E-state index is 10.0. The van der Waals surface area contributed by atoms with Crippen LogP contribution >= 0.6 is 7.94 Å². The minimum absolute atomic E-state index is 0.732. The van der Waals surface area contributed by atoms with E-state index in [2.05, 4.69) is 4.74 Å². The molecule has 0 aromatic carbocycles. The third kappa shape index (κ3) is 2.69. The van der Waals surface area contributed by atoms with Gasteiger partial charge in [0.15, 0.2) is 6.10 Å². The normalized spacial score (nSPS) is 30.1. The van der Waals surface area contributed by atoms with E-state index in [1.807, 2.05) is 0 Å². The number of carbonyl (C=O) groups is 1. The monoisotopic (exact) mass is 180 g/mol. The van der Waals surface area contributed by atoms with E-state index in [0.29, 0.717) is 0 Å². The van der Waals surface area contributed by atoms with Gasteiger partial charge in [-0.2, -0.15) is 7.94 Å². The summed E-state index contributed by atoms with van der Waals surface area (Å²) in [7, 11) is -4.62. The molecule has 0 bridgehead atoms. The highest BCUT2D eigenvalue weighted by Crippen LogP contribution is 2.37. The molecule has 0 radical (unpaired) electrons. The molecule has 64 valence electrons. The number of rotatable bonds is 3. The molecular formula is C4H5O6P-2. The van der Waals surface area contributed by atoms with E-state index in [1.165, 1.54) is 0 Å². The second kappa shape index (κ2) is 2.66. The molecule has 0 spiro atoms. The molecule has 1 N–H and O–H groups in total. The van der Waals surface area contributed by atoms with Crippen LogP contribution in [-0.2, 0) is 9.53 Å². The van der Waals surface area contributed by atoms with Crippen molar-refractivity contribution in [2.45, 2.75) is 12.2 Å². The van der Waals surface area contributed by atoms with E-state index in [1.54, 1.807) is 0 Å². The van der Waals surface area contributed by atoms with Crippen LogP contribution in [0.2, 0.25) is 0 Å². The number of hydrogen-bond acceptors (Lipinski definition) is 5. The molecule has 0 saturated carbocycles. The molecule has 0 aromatic rings. The Kier molecular flexibility index (Phi) is 2.13. The Hall–Kier alpha value is -0.260. The largest absolute Gasteiger partial charge is 0.688 e. The Balaban J connectivity index is 2.29. The molecule has 11 heavy (non-hydrogen) atoms. The average molecular weight is 180 g/mol. The zero-order valence-electron chi connectivity index (χ0n) is 5.30. The van der Waals surface area contributed by atoms with Crippen LogP contribution in [0.15, 0.2) is 0 Å². The van der Waals surface area contributed by atoms with Gasteiger partial charge < -0.3 is 24.5 Å².